The van der Waals surface area contributed by atoms with Gasteiger partial charge in [0.15, 0.2) is 0 Å². The second-order valence-corrected chi connectivity index (χ2v) is 6.64. The van der Waals surface area contributed by atoms with Crippen molar-refractivity contribution in [2.75, 3.05) is 11.9 Å². The summed E-state index contributed by atoms with van der Waals surface area (Å²) in [5.41, 5.74) is 2.91. The Bertz CT molecular complexity index is 795. The Labute approximate surface area is 156 Å². The van der Waals surface area contributed by atoms with Gasteiger partial charge in [-0.2, -0.15) is 0 Å². The lowest BCUT2D eigenvalue weighted by atomic mass is 9.95. The van der Waals surface area contributed by atoms with E-state index in [1.807, 2.05) is 36.4 Å². The number of carbonyl (C=O) groups is 1. The van der Waals surface area contributed by atoms with Crippen molar-refractivity contribution >= 4 is 35.0 Å². The van der Waals surface area contributed by atoms with Crippen molar-refractivity contribution in [3.05, 3.63) is 87.9 Å². The lowest BCUT2D eigenvalue weighted by Crippen LogP contribution is -2.17. The molecule has 0 heterocycles. The van der Waals surface area contributed by atoms with Crippen LogP contribution in [0.3, 0.4) is 0 Å². The van der Waals surface area contributed by atoms with E-state index < -0.39 is 6.09 Å². The maximum absolute atomic E-state index is 11.9. The van der Waals surface area contributed by atoms with Crippen LogP contribution in [-0.2, 0) is 11.2 Å². The second-order valence-electron chi connectivity index (χ2n) is 5.77. The van der Waals surface area contributed by atoms with Gasteiger partial charge in [0, 0.05) is 21.7 Å². The Kier molecular flexibility index (Phi) is 5.79. The molecule has 5 heteroatoms. The molecule has 0 aliphatic heterocycles. The molecule has 1 aliphatic rings. The number of amides is 1. The first-order valence-corrected chi connectivity index (χ1v) is 8.67. The van der Waals surface area contributed by atoms with Crippen LogP contribution in [0.5, 0.6) is 0 Å². The molecule has 3 rings (SSSR count). The third kappa shape index (κ3) is 5.12. The molecule has 1 atom stereocenters. The molecular weight excluding hydrogens is 357 g/mol. The van der Waals surface area contributed by atoms with Crippen LogP contribution in [0.25, 0.3) is 0 Å². The van der Waals surface area contributed by atoms with E-state index in [2.05, 4.69) is 11.4 Å². The predicted molar refractivity (Wildman–Crippen MR) is 102 cm³/mol. The molecule has 0 spiro atoms. The van der Waals surface area contributed by atoms with Crippen LogP contribution in [0.1, 0.15) is 5.56 Å². The van der Waals surface area contributed by atoms with Gasteiger partial charge >= 0.3 is 6.09 Å². The highest BCUT2D eigenvalue weighted by molar-refractivity contribution is 6.30. The van der Waals surface area contributed by atoms with Crippen LogP contribution >= 0.6 is 23.2 Å². The molecule has 2 aromatic rings. The summed E-state index contributed by atoms with van der Waals surface area (Å²) in [6, 6.07) is 14.7. The van der Waals surface area contributed by atoms with Gasteiger partial charge in [0.2, 0.25) is 0 Å². The number of carbonyl (C=O) groups excluding carboxylic acids is 1. The van der Waals surface area contributed by atoms with Gasteiger partial charge in [-0.25, -0.2) is 4.79 Å². The number of rotatable bonds is 5. The standard InChI is InChI=1S/C20H17Cl2NO2/c21-17-6-4-14(5-7-17)12-15-2-1-3-16(15)13-25-20(24)23-19-10-8-18(22)9-11-19/h1-11,15H,12-13H2,(H,23,24). The molecule has 0 fully saturated rings. The summed E-state index contributed by atoms with van der Waals surface area (Å²) in [4.78, 5) is 11.9. The molecule has 25 heavy (non-hydrogen) atoms. The number of hydrogen-bond donors (Lipinski definition) is 1. The highest BCUT2D eigenvalue weighted by Crippen LogP contribution is 2.25. The monoisotopic (exact) mass is 373 g/mol. The zero-order valence-electron chi connectivity index (χ0n) is 13.4. The molecule has 0 bridgehead atoms. The fourth-order valence-corrected chi connectivity index (χ4v) is 2.88. The van der Waals surface area contributed by atoms with E-state index in [9.17, 15) is 4.79 Å². The van der Waals surface area contributed by atoms with Crippen molar-refractivity contribution in [3.8, 4) is 0 Å². The third-order valence-electron chi connectivity index (χ3n) is 3.96. The minimum atomic E-state index is -0.486. The molecule has 128 valence electrons. The first-order valence-electron chi connectivity index (χ1n) is 7.91. The summed E-state index contributed by atoms with van der Waals surface area (Å²) >= 11 is 11.7. The van der Waals surface area contributed by atoms with Crippen molar-refractivity contribution in [3.63, 3.8) is 0 Å². The van der Waals surface area contributed by atoms with E-state index in [-0.39, 0.29) is 12.5 Å². The maximum atomic E-state index is 11.9. The minimum Gasteiger partial charge on any atom is -0.445 e. The van der Waals surface area contributed by atoms with E-state index in [1.54, 1.807) is 24.3 Å². The van der Waals surface area contributed by atoms with Crippen LogP contribution < -0.4 is 5.32 Å². The smallest absolute Gasteiger partial charge is 0.411 e. The average Bonchev–Trinajstić information content (AvgIpc) is 3.04. The summed E-state index contributed by atoms with van der Waals surface area (Å²) in [7, 11) is 0. The van der Waals surface area contributed by atoms with E-state index in [1.165, 1.54) is 5.56 Å². The second kappa shape index (κ2) is 8.24. The van der Waals surface area contributed by atoms with Crippen LogP contribution in [0.15, 0.2) is 72.3 Å². The molecule has 1 N–H and O–H groups in total. The van der Waals surface area contributed by atoms with Crippen LogP contribution in [0.2, 0.25) is 10.0 Å². The van der Waals surface area contributed by atoms with Gasteiger partial charge in [0.25, 0.3) is 0 Å². The molecule has 1 aliphatic carbocycles. The van der Waals surface area contributed by atoms with Gasteiger partial charge in [-0.05, 0) is 54.0 Å². The van der Waals surface area contributed by atoms with Crippen molar-refractivity contribution in [2.45, 2.75) is 6.42 Å². The first kappa shape index (κ1) is 17.6. The number of hydrogen-bond acceptors (Lipinski definition) is 2. The summed E-state index contributed by atoms with van der Waals surface area (Å²) in [6.07, 6.45) is 6.47. The van der Waals surface area contributed by atoms with Crippen molar-refractivity contribution in [2.24, 2.45) is 5.92 Å². The van der Waals surface area contributed by atoms with Crippen LogP contribution in [-0.4, -0.2) is 12.7 Å². The number of allylic oxidation sites excluding steroid dienone is 3. The SMILES string of the molecule is O=C(Nc1ccc(Cl)cc1)OCC1=CC=CC1Cc1ccc(Cl)cc1. The highest BCUT2D eigenvalue weighted by atomic mass is 35.5. The normalized spacial score (nSPS) is 15.8. The molecule has 1 unspecified atom stereocenters. The topological polar surface area (TPSA) is 38.3 Å². The van der Waals surface area contributed by atoms with Gasteiger partial charge in [0.1, 0.15) is 6.61 Å². The first-order chi connectivity index (χ1) is 12.1. The van der Waals surface area contributed by atoms with Crippen molar-refractivity contribution in [1.82, 2.24) is 0 Å². The van der Waals surface area contributed by atoms with E-state index in [0.717, 1.165) is 17.0 Å². The molecular formula is C20H17Cl2NO2. The number of anilines is 1. The quantitative estimate of drug-likeness (QED) is 0.708. The van der Waals surface area contributed by atoms with Crippen molar-refractivity contribution in [1.29, 1.82) is 0 Å². The summed E-state index contributed by atoms with van der Waals surface area (Å²) in [6.45, 7) is 0.255. The number of benzene rings is 2. The molecule has 3 nitrogen and oxygen atoms in total. The van der Waals surface area contributed by atoms with E-state index in [0.29, 0.717) is 10.7 Å². The summed E-state index contributed by atoms with van der Waals surface area (Å²) in [5, 5.41) is 4.02. The minimum absolute atomic E-state index is 0.226. The van der Waals surface area contributed by atoms with Crippen LogP contribution in [0, 0.1) is 5.92 Å². The average molecular weight is 374 g/mol. The Morgan fingerprint density at radius 2 is 1.64 bits per heavy atom. The molecule has 0 aromatic heterocycles. The summed E-state index contributed by atoms with van der Waals surface area (Å²) in [5.74, 6) is 0.226. The number of nitrogens with one attached hydrogen (secondary N) is 1. The number of halogens is 2. The van der Waals surface area contributed by atoms with E-state index >= 15 is 0 Å². The third-order valence-corrected chi connectivity index (χ3v) is 4.46. The highest BCUT2D eigenvalue weighted by Gasteiger charge is 2.17. The number of ether oxygens (including phenoxy) is 1. The fourth-order valence-electron chi connectivity index (χ4n) is 2.63. The van der Waals surface area contributed by atoms with Crippen molar-refractivity contribution < 1.29 is 9.53 Å². The zero-order chi connectivity index (χ0) is 17.6. The van der Waals surface area contributed by atoms with Gasteiger partial charge in [-0.15, -0.1) is 0 Å². The molecule has 0 saturated heterocycles. The molecule has 2 aromatic carbocycles. The summed E-state index contributed by atoms with van der Waals surface area (Å²) < 4.78 is 5.33. The molecule has 0 radical (unpaired) electrons. The van der Waals surface area contributed by atoms with Gasteiger partial charge < -0.3 is 4.74 Å². The Hall–Kier alpha value is -2.23. The van der Waals surface area contributed by atoms with E-state index in [4.69, 9.17) is 27.9 Å². The molecule has 1 amide bonds. The lowest BCUT2D eigenvalue weighted by Gasteiger charge is -2.15. The Morgan fingerprint density at radius 3 is 2.32 bits per heavy atom. The zero-order valence-corrected chi connectivity index (χ0v) is 14.9. The lowest BCUT2D eigenvalue weighted by molar-refractivity contribution is 0.169. The molecule has 0 saturated carbocycles. The Morgan fingerprint density at radius 1 is 1.00 bits per heavy atom. The van der Waals surface area contributed by atoms with Crippen LogP contribution in [0.4, 0.5) is 10.5 Å². The maximum Gasteiger partial charge on any atom is 0.411 e. The van der Waals surface area contributed by atoms with Gasteiger partial charge in [-0.1, -0.05) is 53.6 Å². The van der Waals surface area contributed by atoms with Gasteiger partial charge in [0.05, 0.1) is 0 Å². The fraction of sp³-hybridized carbons (Fsp3) is 0.150. The predicted octanol–water partition coefficient (Wildman–Crippen LogP) is 5.90. The Balaban J connectivity index is 1.51. The van der Waals surface area contributed by atoms with Gasteiger partial charge in [-0.3, -0.25) is 5.32 Å². The largest absolute Gasteiger partial charge is 0.445 e.